The molecular formula is C17H26N2O4. The molecule has 1 atom stereocenters. The summed E-state index contributed by atoms with van der Waals surface area (Å²) in [6.07, 6.45) is 1.74. The number of hydrogen-bond donors (Lipinski definition) is 3. The number of aliphatic hydroxyl groups excluding tert-OH is 1. The number of benzene rings is 1. The number of carbonyl (C=O) groups excluding carboxylic acids is 1. The van der Waals surface area contributed by atoms with Crippen molar-refractivity contribution in [3.05, 3.63) is 36.4 Å². The zero-order valence-corrected chi connectivity index (χ0v) is 13.7. The summed E-state index contributed by atoms with van der Waals surface area (Å²) in [4.78, 5) is 10.8. The normalized spacial score (nSPS) is 12.0. The van der Waals surface area contributed by atoms with E-state index in [0.29, 0.717) is 30.5 Å². The van der Waals surface area contributed by atoms with Crippen LogP contribution >= 0.6 is 0 Å². The second-order valence-electron chi connectivity index (χ2n) is 5.55. The Hall–Kier alpha value is -2.05. The zero-order chi connectivity index (χ0) is 17.2. The minimum atomic E-state index is -0.597. The molecule has 0 saturated carbocycles. The van der Waals surface area contributed by atoms with Crippen LogP contribution in [0.25, 0.3) is 0 Å². The van der Waals surface area contributed by atoms with E-state index in [2.05, 4.69) is 11.9 Å². The Morgan fingerprint density at radius 2 is 2.17 bits per heavy atom. The Kier molecular flexibility index (Phi) is 8.15. The Morgan fingerprint density at radius 3 is 2.78 bits per heavy atom. The topological polar surface area (TPSA) is 93.8 Å². The van der Waals surface area contributed by atoms with Gasteiger partial charge in [-0.2, -0.15) is 0 Å². The van der Waals surface area contributed by atoms with E-state index in [9.17, 15) is 9.90 Å². The highest BCUT2D eigenvalue weighted by Crippen LogP contribution is 2.25. The third-order valence-corrected chi connectivity index (χ3v) is 2.97. The molecule has 6 heteroatoms. The fourth-order valence-electron chi connectivity index (χ4n) is 1.87. The SMILES string of the molecule is C=CCc1cc(OCC(N)=O)ccc1OCC(O)CNC(C)C. The van der Waals surface area contributed by atoms with Gasteiger partial charge in [0.05, 0.1) is 0 Å². The molecule has 1 rings (SSSR count). The maximum absolute atomic E-state index is 10.8. The minimum absolute atomic E-state index is 0.173. The standard InChI is InChI=1S/C17H26N2O4/c1-4-5-13-8-15(22-11-17(18)21)6-7-16(13)23-10-14(20)9-19-12(2)3/h4,6-8,12,14,19-20H,1,5,9-11H2,2-3H3,(H2,18,21). The van der Waals surface area contributed by atoms with Crippen LogP contribution in [0.3, 0.4) is 0 Å². The molecule has 23 heavy (non-hydrogen) atoms. The van der Waals surface area contributed by atoms with Gasteiger partial charge in [-0.15, -0.1) is 6.58 Å². The van der Waals surface area contributed by atoms with Crippen molar-refractivity contribution < 1.29 is 19.4 Å². The van der Waals surface area contributed by atoms with Crippen LogP contribution < -0.4 is 20.5 Å². The predicted octanol–water partition coefficient (Wildman–Crippen LogP) is 1.02. The van der Waals surface area contributed by atoms with Crippen LogP contribution in [-0.2, 0) is 11.2 Å². The third-order valence-electron chi connectivity index (χ3n) is 2.97. The van der Waals surface area contributed by atoms with Gasteiger partial charge in [0, 0.05) is 18.2 Å². The lowest BCUT2D eigenvalue weighted by atomic mass is 10.1. The minimum Gasteiger partial charge on any atom is -0.491 e. The summed E-state index contributed by atoms with van der Waals surface area (Å²) in [5.74, 6) is 0.659. The molecule has 4 N–H and O–H groups in total. The van der Waals surface area contributed by atoms with E-state index in [0.717, 1.165) is 5.56 Å². The maximum Gasteiger partial charge on any atom is 0.255 e. The van der Waals surface area contributed by atoms with Crippen molar-refractivity contribution >= 4 is 5.91 Å². The molecule has 0 radical (unpaired) electrons. The summed E-state index contributed by atoms with van der Waals surface area (Å²) >= 11 is 0. The van der Waals surface area contributed by atoms with Gasteiger partial charge in [-0.3, -0.25) is 4.79 Å². The second-order valence-corrected chi connectivity index (χ2v) is 5.55. The molecule has 0 aliphatic heterocycles. The largest absolute Gasteiger partial charge is 0.491 e. The van der Waals surface area contributed by atoms with E-state index in [1.807, 2.05) is 13.8 Å². The molecule has 0 heterocycles. The van der Waals surface area contributed by atoms with Crippen LogP contribution in [0.15, 0.2) is 30.9 Å². The number of primary amides is 1. The van der Waals surface area contributed by atoms with Crippen molar-refractivity contribution in [1.82, 2.24) is 5.32 Å². The number of rotatable bonds is 11. The van der Waals surface area contributed by atoms with Gasteiger partial charge in [0.2, 0.25) is 0 Å². The lowest BCUT2D eigenvalue weighted by Crippen LogP contribution is -2.35. The quantitative estimate of drug-likeness (QED) is 0.529. The van der Waals surface area contributed by atoms with Gasteiger partial charge in [0.25, 0.3) is 5.91 Å². The molecule has 1 aromatic rings. The smallest absolute Gasteiger partial charge is 0.255 e. The third kappa shape index (κ3) is 7.67. The first-order valence-corrected chi connectivity index (χ1v) is 7.61. The van der Waals surface area contributed by atoms with E-state index in [4.69, 9.17) is 15.2 Å². The summed E-state index contributed by atoms with van der Waals surface area (Å²) in [6, 6.07) is 5.53. The van der Waals surface area contributed by atoms with Gasteiger partial charge in [-0.1, -0.05) is 19.9 Å². The highest BCUT2D eigenvalue weighted by molar-refractivity contribution is 5.75. The molecule has 0 saturated heterocycles. The molecule has 0 fully saturated rings. The maximum atomic E-state index is 10.8. The number of hydrogen-bond acceptors (Lipinski definition) is 5. The monoisotopic (exact) mass is 322 g/mol. The molecular weight excluding hydrogens is 296 g/mol. The van der Waals surface area contributed by atoms with Gasteiger partial charge in [-0.25, -0.2) is 0 Å². The molecule has 0 aromatic heterocycles. The molecule has 128 valence electrons. The van der Waals surface area contributed by atoms with Crippen molar-refractivity contribution in [3.63, 3.8) is 0 Å². The Morgan fingerprint density at radius 1 is 1.43 bits per heavy atom. The van der Waals surface area contributed by atoms with E-state index < -0.39 is 12.0 Å². The summed E-state index contributed by atoms with van der Waals surface area (Å²) in [5.41, 5.74) is 5.93. The lowest BCUT2D eigenvalue weighted by molar-refractivity contribution is -0.119. The Labute approximate surface area is 137 Å². The molecule has 6 nitrogen and oxygen atoms in total. The van der Waals surface area contributed by atoms with Gasteiger partial charge in [0.15, 0.2) is 6.61 Å². The van der Waals surface area contributed by atoms with Crippen LogP contribution in [0.5, 0.6) is 11.5 Å². The van der Waals surface area contributed by atoms with Crippen molar-refractivity contribution in [2.75, 3.05) is 19.8 Å². The molecule has 1 unspecified atom stereocenters. The van der Waals surface area contributed by atoms with Gasteiger partial charge in [-0.05, 0) is 24.6 Å². The summed E-state index contributed by atoms with van der Waals surface area (Å²) in [7, 11) is 0. The van der Waals surface area contributed by atoms with Crippen LogP contribution in [0.1, 0.15) is 19.4 Å². The highest BCUT2D eigenvalue weighted by Gasteiger charge is 2.10. The van der Waals surface area contributed by atoms with E-state index in [1.165, 1.54) is 0 Å². The van der Waals surface area contributed by atoms with Gasteiger partial charge < -0.3 is 25.6 Å². The Balaban J connectivity index is 2.65. The van der Waals surface area contributed by atoms with Crippen LogP contribution in [0.2, 0.25) is 0 Å². The van der Waals surface area contributed by atoms with Crippen molar-refractivity contribution in [2.24, 2.45) is 5.73 Å². The Bertz CT molecular complexity index is 517. The number of nitrogens with two attached hydrogens (primary N) is 1. The van der Waals surface area contributed by atoms with Crippen molar-refractivity contribution in [1.29, 1.82) is 0 Å². The molecule has 0 aliphatic rings. The number of amides is 1. The molecule has 1 aromatic carbocycles. The number of allylic oxidation sites excluding steroid dienone is 1. The second kappa shape index (κ2) is 9.86. The zero-order valence-electron chi connectivity index (χ0n) is 13.7. The first kappa shape index (κ1) is 19.0. The highest BCUT2D eigenvalue weighted by atomic mass is 16.5. The van der Waals surface area contributed by atoms with E-state index in [1.54, 1.807) is 24.3 Å². The van der Waals surface area contributed by atoms with Crippen LogP contribution in [-0.4, -0.2) is 42.9 Å². The predicted molar refractivity (Wildman–Crippen MR) is 89.7 cm³/mol. The van der Waals surface area contributed by atoms with E-state index in [-0.39, 0.29) is 13.2 Å². The number of carbonyl (C=O) groups is 1. The molecule has 0 bridgehead atoms. The van der Waals surface area contributed by atoms with Crippen LogP contribution in [0.4, 0.5) is 0 Å². The van der Waals surface area contributed by atoms with Gasteiger partial charge in [0.1, 0.15) is 24.2 Å². The van der Waals surface area contributed by atoms with E-state index >= 15 is 0 Å². The molecule has 1 amide bonds. The average molecular weight is 322 g/mol. The molecule has 0 aliphatic carbocycles. The summed E-state index contributed by atoms with van der Waals surface area (Å²) in [5, 5.41) is 13.0. The number of aliphatic hydroxyl groups is 1. The van der Waals surface area contributed by atoms with Crippen molar-refractivity contribution in [3.8, 4) is 11.5 Å². The summed E-state index contributed by atoms with van der Waals surface area (Å²) in [6.45, 7) is 8.22. The number of nitrogens with one attached hydrogen (secondary N) is 1. The average Bonchev–Trinajstić information content (AvgIpc) is 2.50. The number of ether oxygens (including phenoxy) is 2. The van der Waals surface area contributed by atoms with Crippen LogP contribution in [0, 0.1) is 0 Å². The fourth-order valence-corrected chi connectivity index (χ4v) is 1.87. The lowest BCUT2D eigenvalue weighted by Gasteiger charge is -2.17. The first-order chi connectivity index (χ1) is 10.9. The fraction of sp³-hybridized carbons (Fsp3) is 0.471. The van der Waals surface area contributed by atoms with Gasteiger partial charge >= 0.3 is 0 Å². The first-order valence-electron chi connectivity index (χ1n) is 7.61. The molecule has 0 spiro atoms. The summed E-state index contributed by atoms with van der Waals surface area (Å²) < 4.78 is 11.0. The van der Waals surface area contributed by atoms with Crippen molar-refractivity contribution in [2.45, 2.75) is 32.4 Å².